The van der Waals surface area contributed by atoms with Crippen molar-refractivity contribution in [2.24, 2.45) is 16.6 Å². The summed E-state index contributed by atoms with van der Waals surface area (Å²) < 4.78 is 2.37. The molecule has 1 aliphatic rings. The van der Waals surface area contributed by atoms with Gasteiger partial charge in [-0.3, -0.25) is 0 Å². The third-order valence-electron chi connectivity index (χ3n) is 5.67. The highest BCUT2D eigenvalue weighted by Crippen LogP contribution is 2.73. The first kappa shape index (κ1) is 13.6. The maximum Gasteiger partial charge on any atom is 0.114 e. The minimum Gasteiger partial charge on any atom is -0.328 e. The molecule has 20 heavy (non-hydrogen) atoms. The molecule has 1 heterocycles. The zero-order chi connectivity index (χ0) is 14.7. The molecule has 0 aliphatic heterocycles. The molecule has 0 unspecified atom stereocenters. The summed E-state index contributed by atoms with van der Waals surface area (Å²) in [4.78, 5) is 4.95. The predicted octanol–water partition coefficient (Wildman–Crippen LogP) is 3.66. The fraction of sp³-hybridized carbons (Fsp3) is 0.588. The monoisotopic (exact) mass is 271 g/mol. The van der Waals surface area contributed by atoms with Crippen LogP contribution >= 0.6 is 0 Å². The van der Waals surface area contributed by atoms with E-state index in [2.05, 4.69) is 57.4 Å². The van der Waals surface area contributed by atoms with E-state index in [-0.39, 0.29) is 0 Å². The second kappa shape index (κ2) is 4.08. The van der Waals surface area contributed by atoms with E-state index in [4.69, 9.17) is 10.7 Å². The molecule has 3 nitrogen and oxygen atoms in total. The highest BCUT2D eigenvalue weighted by molar-refractivity contribution is 5.77. The molecule has 0 bridgehead atoms. The van der Waals surface area contributed by atoms with Crippen molar-refractivity contribution in [3.63, 3.8) is 0 Å². The maximum absolute atomic E-state index is 5.74. The van der Waals surface area contributed by atoms with Crippen LogP contribution in [0.15, 0.2) is 18.2 Å². The van der Waals surface area contributed by atoms with Crippen LogP contribution in [0.4, 0.5) is 0 Å². The Bertz CT molecular complexity index is 650. The second-order valence-corrected chi connectivity index (χ2v) is 7.12. The van der Waals surface area contributed by atoms with Crippen molar-refractivity contribution >= 4 is 11.0 Å². The Kier molecular flexibility index (Phi) is 2.78. The lowest BCUT2D eigenvalue weighted by Crippen LogP contribution is -2.03. The first-order valence-electron chi connectivity index (χ1n) is 7.53. The summed E-state index contributed by atoms with van der Waals surface area (Å²) in [6, 6.07) is 6.41. The molecule has 1 aromatic heterocycles. The van der Waals surface area contributed by atoms with Gasteiger partial charge in [0, 0.05) is 19.0 Å². The molecule has 0 atom stereocenters. The molecular weight excluding hydrogens is 246 g/mol. The molecule has 2 aromatic rings. The van der Waals surface area contributed by atoms with Crippen LogP contribution in [0.1, 0.15) is 51.9 Å². The molecular formula is C17H25N3. The van der Waals surface area contributed by atoms with E-state index in [1.165, 1.54) is 11.3 Å². The molecule has 2 N–H and O–H groups in total. The lowest BCUT2D eigenvalue weighted by Gasteiger charge is -2.07. The SMILES string of the molecule is CCn1c(C2C(C)(C)C2(C)C)nc2cc(CN)ccc21. The molecule has 0 spiro atoms. The number of aryl methyl sites for hydroxylation is 1. The average molecular weight is 271 g/mol. The Morgan fingerprint density at radius 3 is 2.35 bits per heavy atom. The number of benzene rings is 1. The van der Waals surface area contributed by atoms with Crippen LogP contribution in [0.2, 0.25) is 0 Å². The Morgan fingerprint density at radius 1 is 1.20 bits per heavy atom. The smallest absolute Gasteiger partial charge is 0.114 e. The quantitative estimate of drug-likeness (QED) is 0.925. The molecule has 108 valence electrons. The molecule has 3 rings (SSSR count). The van der Waals surface area contributed by atoms with E-state index in [1.54, 1.807) is 0 Å². The van der Waals surface area contributed by atoms with E-state index in [1.807, 2.05) is 0 Å². The summed E-state index contributed by atoms with van der Waals surface area (Å²) >= 11 is 0. The Hall–Kier alpha value is -1.35. The van der Waals surface area contributed by atoms with Crippen LogP contribution < -0.4 is 5.73 Å². The third-order valence-corrected chi connectivity index (χ3v) is 5.67. The summed E-state index contributed by atoms with van der Waals surface area (Å²) in [5.41, 5.74) is 9.85. The predicted molar refractivity (Wildman–Crippen MR) is 83.6 cm³/mol. The first-order chi connectivity index (χ1) is 9.34. The zero-order valence-corrected chi connectivity index (χ0v) is 13.2. The fourth-order valence-corrected chi connectivity index (χ4v) is 3.72. The van der Waals surface area contributed by atoms with Gasteiger partial charge in [-0.25, -0.2) is 4.98 Å². The lowest BCUT2D eigenvalue weighted by atomic mass is 10.0. The van der Waals surface area contributed by atoms with Gasteiger partial charge in [0.05, 0.1) is 11.0 Å². The van der Waals surface area contributed by atoms with Gasteiger partial charge in [-0.1, -0.05) is 33.8 Å². The number of nitrogens with zero attached hydrogens (tertiary/aromatic N) is 2. The van der Waals surface area contributed by atoms with Gasteiger partial charge in [0.2, 0.25) is 0 Å². The largest absolute Gasteiger partial charge is 0.328 e. The average Bonchev–Trinajstić information content (AvgIpc) is 2.70. The number of imidazole rings is 1. The molecule has 0 amide bonds. The van der Waals surface area contributed by atoms with Crippen LogP contribution in [0.5, 0.6) is 0 Å². The number of rotatable bonds is 3. The van der Waals surface area contributed by atoms with Crippen molar-refractivity contribution < 1.29 is 0 Å². The van der Waals surface area contributed by atoms with Crippen molar-refractivity contribution in [2.75, 3.05) is 0 Å². The van der Waals surface area contributed by atoms with E-state index in [9.17, 15) is 0 Å². The van der Waals surface area contributed by atoms with Gasteiger partial charge in [0.15, 0.2) is 0 Å². The summed E-state index contributed by atoms with van der Waals surface area (Å²) in [6.45, 7) is 13.1. The number of fused-ring (bicyclic) bond motifs is 1. The standard InChI is InChI=1S/C17H25N3/c1-6-20-13-8-7-11(10-18)9-12(13)19-15(20)14-16(2,3)17(14,4)5/h7-9,14H,6,10,18H2,1-5H3. The molecule has 0 saturated heterocycles. The third kappa shape index (κ3) is 1.59. The van der Waals surface area contributed by atoms with Crippen LogP contribution in [-0.2, 0) is 13.1 Å². The minimum absolute atomic E-state index is 0.317. The van der Waals surface area contributed by atoms with Gasteiger partial charge in [0.25, 0.3) is 0 Å². The molecule has 1 fully saturated rings. The van der Waals surface area contributed by atoms with Gasteiger partial charge < -0.3 is 10.3 Å². The van der Waals surface area contributed by atoms with Gasteiger partial charge in [-0.15, -0.1) is 0 Å². The summed E-state index contributed by atoms with van der Waals surface area (Å²) in [6.07, 6.45) is 0. The Morgan fingerprint density at radius 2 is 1.85 bits per heavy atom. The van der Waals surface area contributed by atoms with Crippen LogP contribution in [0.25, 0.3) is 11.0 Å². The van der Waals surface area contributed by atoms with Crippen LogP contribution in [-0.4, -0.2) is 9.55 Å². The summed E-state index contributed by atoms with van der Waals surface area (Å²) in [5, 5.41) is 0. The number of hydrogen-bond donors (Lipinski definition) is 1. The maximum atomic E-state index is 5.74. The molecule has 0 radical (unpaired) electrons. The topological polar surface area (TPSA) is 43.8 Å². The second-order valence-electron chi connectivity index (χ2n) is 7.12. The summed E-state index contributed by atoms with van der Waals surface area (Å²) in [7, 11) is 0. The molecule has 3 heteroatoms. The van der Waals surface area contributed by atoms with E-state index in [0.29, 0.717) is 23.3 Å². The van der Waals surface area contributed by atoms with Gasteiger partial charge in [0.1, 0.15) is 5.82 Å². The van der Waals surface area contributed by atoms with E-state index >= 15 is 0 Å². The fourth-order valence-electron chi connectivity index (χ4n) is 3.72. The Balaban J connectivity index is 2.17. The van der Waals surface area contributed by atoms with Crippen molar-refractivity contribution in [2.45, 2.75) is 53.6 Å². The van der Waals surface area contributed by atoms with Crippen LogP contribution in [0.3, 0.4) is 0 Å². The van der Waals surface area contributed by atoms with Crippen LogP contribution in [0, 0.1) is 10.8 Å². The normalized spacial score (nSPS) is 20.5. The highest BCUT2D eigenvalue weighted by atomic mass is 15.1. The lowest BCUT2D eigenvalue weighted by molar-refractivity contribution is 0.457. The van der Waals surface area contributed by atoms with Gasteiger partial charge in [-0.2, -0.15) is 0 Å². The van der Waals surface area contributed by atoms with E-state index < -0.39 is 0 Å². The summed E-state index contributed by atoms with van der Waals surface area (Å²) in [5.74, 6) is 1.77. The minimum atomic E-state index is 0.317. The number of nitrogens with two attached hydrogens (primary N) is 1. The van der Waals surface area contributed by atoms with Crippen molar-refractivity contribution in [3.8, 4) is 0 Å². The van der Waals surface area contributed by atoms with Gasteiger partial charge >= 0.3 is 0 Å². The highest BCUT2D eigenvalue weighted by Gasteiger charge is 2.66. The van der Waals surface area contributed by atoms with Crippen molar-refractivity contribution in [1.82, 2.24) is 9.55 Å². The van der Waals surface area contributed by atoms with Gasteiger partial charge in [-0.05, 0) is 35.4 Å². The zero-order valence-electron chi connectivity index (χ0n) is 13.2. The number of aromatic nitrogens is 2. The van der Waals surface area contributed by atoms with Crippen molar-refractivity contribution in [1.29, 1.82) is 0 Å². The Labute approximate surface area is 121 Å². The van der Waals surface area contributed by atoms with Crippen molar-refractivity contribution in [3.05, 3.63) is 29.6 Å². The van der Waals surface area contributed by atoms with E-state index in [0.717, 1.165) is 17.6 Å². The molecule has 1 aromatic carbocycles. The molecule has 1 saturated carbocycles. The number of hydrogen-bond acceptors (Lipinski definition) is 2. The molecule has 1 aliphatic carbocycles. The first-order valence-corrected chi connectivity index (χ1v) is 7.53.